The first-order valence-electron chi connectivity index (χ1n) is 10.7. The van der Waals surface area contributed by atoms with Gasteiger partial charge in [-0.1, -0.05) is 0 Å². The van der Waals surface area contributed by atoms with Gasteiger partial charge in [0.2, 0.25) is 0 Å². The Balaban J connectivity index is 1.40. The number of hydrogen-bond acceptors (Lipinski definition) is 5. The molecule has 0 atom stereocenters. The van der Waals surface area contributed by atoms with E-state index in [1.807, 2.05) is 17.0 Å². The average molecular weight is 434 g/mol. The van der Waals surface area contributed by atoms with Crippen molar-refractivity contribution in [2.24, 2.45) is 0 Å². The maximum Gasteiger partial charge on any atom is 0.254 e. The molecule has 32 heavy (non-hydrogen) atoms. The average Bonchev–Trinajstić information content (AvgIpc) is 3.35. The molecule has 1 amide bonds. The summed E-state index contributed by atoms with van der Waals surface area (Å²) in [7, 11) is 4.85. The largest absolute Gasteiger partial charge is 0.497 e. The summed E-state index contributed by atoms with van der Waals surface area (Å²) in [5.74, 6) is 2.03. The lowest BCUT2D eigenvalue weighted by Crippen LogP contribution is -2.51. The lowest BCUT2D eigenvalue weighted by molar-refractivity contribution is 0.0675. The quantitative estimate of drug-likeness (QED) is 0.672. The van der Waals surface area contributed by atoms with Crippen LogP contribution in [0.1, 0.15) is 28.9 Å². The van der Waals surface area contributed by atoms with E-state index in [0.29, 0.717) is 30.2 Å². The van der Waals surface area contributed by atoms with Gasteiger partial charge >= 0.3 is 0 Å². The van der Waals surface area contributed by atoms with Gasteiger partial charge in [-0.3, -0.25) is 4.79 Å². The number of rotatable bonds is 4. The second-order valence-electron chi connectivity index (χ2n) is 8.25. The van der Waals surface area contributed by atoms with Crippen LogP contribution in [-0.2, 0) is 5.54 Å². The molecule has 0 radical (unpaired) electrons. The van der Waals surface area contributed by atoms with E-state index < -0.39 is 0 Å². The molecule has 0 aliphatic carbocycles. The van der Waals surface area contributed by atoms with Crippen LogP contribution in [0.4, 0.5) is 5.69 Å². The topological polar surface area (TPSA) is 65.0 Å². The first kappa shape index (κ1) is 20.3. The standard InChI is InChI=1S/C25H27N3O4/c1-30-18-6-7-22-21(16-18)26-25(23-5-4-10-28(22)23)8-11-27(12-9-25)24(29)17-13-19(31-2)15-20(14-17)32-3/h4-7,10,13-16,26H,8-9,11-12H2,1-3H3. The minimum absolute atomic E-state index is 0.00897. The molecule has 5 rings (SSSR count). The third-order valence-electron chi connectivity index (χ3n) is 6.58. The van der Waals surface area contributed by atoms with E-state index in [2.05, 4.69) is 34.3 Å². The molecule has 2 aromatic carbocycles. The van der Waals surface area contributed by atoms with Crippen molar-refractivity contribution in [2.45, 2.75) is 18.4 Å². The van der Waals surface area contributed by atoms with Gasteiger partial charge in [0.25, 0.3) is 5.91 Å². The second-order valence-corrected chi connectivity index (χ2v) is 8.25. The number of aromatic nitrogens is 1. The van der Waals surface area contributed by atoms with Crippen LogP contribution in [0, 0.1) is 0 Å². The summed E-state index contributed by atoms with van der Waals surface area (Å²) in [6, 6.07) is 15.7. The predicted octanol–water partition coefficient (Wildman–Crippen LogP) is 4.06. The van der Waals surface area contributed by atoms with Gasteiger partial charge in [-0.2, -0.15) is 0 Å². The minimum Gasteiger partial charge on any atom is -0.497 e. The number of nitrogens with zero attached hydrogens (tertiary/aromatic N) is 2. The smallest absolute Gasteiger partial charge is 0.254 e. The Morgan fingerprint density at radius 3 is 2.25 bits per heavy atom. The van der Waals surface area contributed by atoms with Crippen LogP contribution in [0.25, 0.3) is 5.69 Å². The van der Waals surface area contributed by atoms with E-state index in [1.165, 1.54) is 5.69 Å². The fourth-order valence-corrected chi connectivity index (χ4v) is 4.84. The number of carbonyl (C=O) groups is 1. The van der Waals surface area contributed by atoms with Gasteiger partial charge in [-0.15, -0.1) is 0 Å². The van der Waals surface area contributed by atoms with Crippen LogP contribution < -0.4 is 19.5 Å². The zero-order valence-electron chi connectivity index (χ0n) is 18.6. The number of benzene rings is 2. The monoisotopic (exact) mass is 433 g/mol. The lowest BCUT2D eigenvalue weighted by atomic mass is 9.82. The molecule has 1 saturated heterocycles. The highest BCUT2D eigenvalue weighted by molar-refractivity contribution is 5.95. The highest BCUT2D eigenvalue weighted by Crippen LogP contribution is 2.44. The van der Waals surface area contributed by atoms with Gasteiger partial charge in [-0.05, 0) is 49.2 Å². The summed E-state index contributed by atoms with van der Waals surface area (Å²) in [6.07, 6.45) is 3.71. The number of anilines is 1. The van der Waals surface area contributed by atoms with Gasteiger partial charge in [0, 0.05) is 42.7 Å². The molecular weight excluding hydrogens is 406 g/mol. The van der Waals surface area contributed by atoms with Crippen LogP contribution in [-0.4, -0.2) is 49.8 Å². The third kappa shape index (κ3) is 3.25. The van der Waals surface area contributed by atoms with Crippen molar-refractivity contribution in [1.82, 2.24) is 9.47 Å². The van der Waals surface area contributed by atoms with Crippen molar-refractivity contribution in [3.05, 3.63) is 66.0 Å². The molecule has 0 bridgehead atoms. The van der Waals surface area contributed by atoms with E-state index in [0.717, 1.165) is 30.0 Å². The van der Waals surface area contributed by atoms with Crippen LogP contribution >= 0.6 is 0 Å². The van der Waals surface area contributed by atoms with Gasteiger partial charge in [-0.25, -0.2) is 0 Å². The Bertz CT molecular complexity index is 1140. The van der Waals surface area contributed by atoms with Crippen molar-refractivity contribution < 1.29 is 19.0 Å². The Morgan fingerprint density at radius 1 is 0.906 bits per heavy atom. The van der Waals surface area contributed by atoms with E-state index in [4.69, 9.17) is 14.2 Å². The number of amides is 1. The van der Waals surface area contributed by atoms with Crippen LogP contribution in [0.5, 0.6) is 17.2 Å². The fourth-order valence-electron chi connectivity index (χ4n) is 4.84. The summed E-state index contributed by atoms with van der Waals surface area (Å²) in [4.78, 5) is 15.2. The van der Waals surface area contributed by atoms with Crippen LogP contribution in [0.3, 0.4) is 0 Å². The molecule has 166 valence electrons. The Hall–Kier alpha value is -3.61. The van der Waals surface area contributed by atoms with E-state index in [1.54, 1.807) is 39.5 Å². The number of ether oxygens (including phenoxy) is 3. The van der Waals surface area contributed by atoms with Crippen molar-refractivity contribution in [2.75, 3.05) is 39.7 Å². The molecule has 0 saturated carbocycles. The van der Waals surface area contributed by atoms with Crippen molar-refractivity contribution in [3.63, 3.8) is 0 Å². The first-order chi connectivity index (χ1) is 15.6. The molecule has 7 nitrogen and oxygen atoms in total. The predicted molar refractivity (Wildman–Crippen MR) is 122 cm³/mol. The zero-order valence-corrected chi connectivity index (χ0v) is 18.6. The Labute approximate surface area is 187 Å². The molecule has 3 heterocycles. The normalized spacial score (nSPS) is 16.0. The maximum atomic E-state index is 13.3. The van der Waals surface area contributed by atoms with Gasteiger partial charge in [0.15, 0.2) is 0 Å². The van der Waals surface area contributed by atoms with E-state index >= 15 is 0 Å². The molecule has 0 unspecified atom stereocenters. The molecule has 1 spiro atoms. The molecular formula is C25H27N3O4. The van der Waals surface area contributed by atoms with Gasteiger partial charge in [0.05, 0.1) is 38.2 Å². The number of piperidine rings is 1. The van der Waals surface area contributed by atoms with Crippen molar-refractivity contribution in [3.8, 4) is 22.9 Å². The number of likely N-dealkylation sites (tertiary alicyclic amines) is 1. The number of hydrogen-bond donors (Lipinski definition) is 1. The van der Waals surface area contributed by atoms with Gasteiger partial charge in [0.1, 0.15) is 17.2 Å². The summed E-state index contributed by atoms with van der Waals surface area (Å²) in [5, 5.41) is 3.79. The number of fused-ring (bicyclic) bond motifs is 4. The highest BCUT2D eigenvalue weighted by atomic mass is 16.5. The van der Waals surface area contributed by atoms with E-state index in [-0.39, 0.29) is 11.4 Å². The van der Waals surface area contributed by atoms with Gasteiger partial charge < -0.3 is 29.0 Å². The second kappa shape index (κ2) is 7.82. The summed E-state index contributed by atoms with van der Waals surface area (Å²) < 4.78 is 18.4. The molecule has 2 aliphatic heterocycles. The Kier molecular flexibility index (Phi) is 4.96. The van der Waals surface area contributed by atoms with E-state index in [9.17, 15) is 4.79 Å². The number of carbonyl (C=O) groups excluding carboxylic acids is 1. The molecule has 2 aliphatic rings. The molecule has 1 N–H and O–H groups in total. The summed E-state index contributed by atoms with van der Waals surface area (Å²) in [5.41, 5.74) is 3.73. The Morgan fingerprint density at radius 2 is 1.59 bits per heavy atom. The third-order valence-corrected chi connectivity index (χ3v) is 6.58. The van der Waals surface area contributed by atoms with Crippen LogP contribution in [0.15, 0.2) is 54.7 Å². The van der Waals surface area contributed by atoms with Crippen molar-refractivity contribution in [1.29, 1.82) is 0 Å². The zero-order chi connectivity index (χ0) is 22.3. The first-order valence-corrected chi connectivity index (χ1v) is 10.7. The summed E-state index contributed by atoms with van der Waals surface area (Å²) >= 11 is 0. The minimum atomic E-state index is -0.230. The number of nitrogens with one attached hydrogen (secondary N) is 1. The highest BCUT2D eigenvalue weighted by Gasteiger charge is 2.42. The molecule has 7 heteroatoms. The maximum absolute atomic E-state index is 13.3. The SMILES string of the molecule is COc1cc(OC)cc(C(=O)N2CCC3(CC2)Nc2cc(OC)ccc2-n2cccc23)c1. The molecule has 1 aromatic heterocycles. The number of methoxy groups -OCH3 is 3. The summed E-state index contributed by atoms with van der Waals surface area (Å²) in [6.45, 7) is 1.30. The van der Waals surface area contributed by atoms with Crippen LogP contribution in [0.2, 0.25) is 0 Å². The molecule has 1 fully saturated rings. The lowest BCUT2D eigenvalue weighted by Gasteiger charge is -2.46. The fraction of sp³-hybridized carbons (Fsp3) is 0.320. The van der Waals surface area contributed by atoms with Crippen molar-refractivity contribution >= 4 is 11.6 Å². The molecule has 3 aromatic rings.